The van der Waals surface area contributed by atoms with E-state index in [0.717, 1.165) is 42.9 Å². The van der Waals surface area contributed by atoms with Crippen LogP contribution in [0, 0.1) is 0 Å². The molecule has 1 unspecified atom stereocenters. The summed E-state index contributed by atoms with van der Waals surface area (Å²) in [7, 11) is 3.30. The smallest absolute Gasteiger partial charge is 0.234 e. The van der Waals surface area contributed by atoms with Crippen LogP contribution in [0.3, 0.4) is 0 Å². The number of carbonyl (C=O) groups excluding carboxylic acids is 1. The number of nitrogens with one attached hydrogen (secondary N) is 1. The molecule has 5 heteroatoms. The molecular weight excluding hydrogens is 448 g/mol. The zero-order valence-corrected chi connectivity index (χ0v) is 22.3. The number of aryl methyl sites for hydroxylation is 2. The van der Waals surface area contributed by atoms with Crippen molar-refractivity contribution in [2.75, 3.05) is 27.3 Å². The molecule has 0 aliphatic carbocycles. The van der Waals surface area contributed by atoms with Gasteiger partial charge < -0.3 is 14.8 Å². The topological polar surface area (TPSA) is 50.8 Å². The van der Waals surface area contributed by atoms with Gasteiger partial charge in [-0.25, -0.2) is 0 Å². The van der Waals surface area contributed by atoms with Gasteiger partial charge in [0.15, 0.2) is 11.5 Å². The zero-order chi connectivity index (χ0) is 25.9. The van der Waals surface area contributed by atoms with Gasteiger partial charge >= 0.3 is 0 Å². The van der Waals surface area contributed by atoms with E-state index in [1.165, 1.54) is 22.3 Å². The van der Waals surface area contributed by atoms with E-state index in [1.807, 2.05) is 36.4 Å². The van der Waals surface area contributed by atoms with Crippen molar-refractivity contribution in [2.24, 2.45) is 0 Å². The quantitative estimate of drug-likeness (QED) is 0.439. The van der Waals surface area contributed by atoms with Crippen molar-refractivity contribution >= 4 is 5.91 Å². The lowest BCUT2D eigenvalue weighted by Gasteiger charge is -2.35. The van der Waals surface area contributed by atoms with E-state index in [2.05, 4.69) is 61.3 Å². The second-order valence-electron chi connectivity index (χ2n) is 9.04. The minimum atomic E-state index is 0.0460. The number of ether oxygens (including phenoxy) is 2. The van der Waals surface area contributed by atoms with Crippen LogP contribution in [0.1, 0.15) is 54.6 Å². The van der Waals surface area contributed by atoms with Gasteiger partial charge in [-0.1, -0.05) is 68.4 Å². The van der Waals surface area contributed by atoms with Crippen molar-refractivity contribution in [3.8, 4) is 11.5 Å². The van der Waals surface area contributed by atoms with E-state index >= 15 is 0 Å². The number of nitrogens with zero attached hydrogens (tertiary/aromatic N) is 1. The van der Waals surface area contributed by atoms with E-state index in [-0.39, 0.29) is 11.9 Å². The molecule has 0 spiro atoms. The molecular formula is C31H40N2O3. The van der Waals surface area contributed by atoms with E-state index in [9.17, 15) is 4.79 Å². The Balaban J connectivity index is 0.000000303. The van der Waals surface area contributed by atoms with E-state index in [4.69, 9.17) is 9.47 Å². The minimum Gasteiger partial charge on any atom is -0.493 e. The first-order chi connectivity index (χ1) is 17.5. The molecule has 1 amide bonds. The number of hydrogen-bond donors (Lipinski definition) is 1. The Kier molecular flexibility index (Phi) is 10.4. The van der Waals surface area contributed by atoms with Gasteiger partial charge in [0.25, 0.3) is 0 Å². The Bertz CT molecular complexity index is 1090. The molecule has 192 valence electrons. The summed E-state index contributed by atoms with van der Waals surface area (Å²) in [5, 5.41) is 3.01. The third-order valence-electron chi connectivity index (χ3n) is 6.87. The summed E-state index contributed by atoms with van der Waals surface area (Å²) < 4.78 is 10.8. The van der Waals surface area contributed by atoms with Crippen LogP contribution < -0.4 is 14.8 Å². The van der Waals surface area contributed by atoms with Crippen molar-refractivity contribution in [2.45, 2.75) is 52.6 Å². The van der Waals surface area contributed by atoms with Gasteiger partial charge in [-0.2, -0.15) is 0 Å². The Morgan fingerprint density at radius 2 is 1.50 bits per heavy atom. The summed E-state index contributed by atoms with van der Waals surface area (Å²) in [6, 6.07) is 22.8. The summed E-state index contributed by atoms with van der Waals surface area (Å²) in [4.78, 5) is 14.6. The molecule has 5 nitrogen and oxygen atoms in total. The lowest BCUT2D eigenvalue weighted by Crippen LogP contribution is -2.41. The van der Waals surface area contributed by atoms with Crippen LogP contribution in [0.5, 0.6) is 11.5 Å². The summed E-state index contributed by atoms with van der Waals surface area (Å²) in [6.07, 6.45) is 3.21. The molecule has 0 bridgehead atoms. The standard InChI is InChI=1S/C21H26N2O3.C10H14/c1-15-18-12-20(26-3)19(25-2)11-17(18)9-10-23(15)14-21(24)22-13-16-7-5-4-6-8-16;1-3-9-7-5-6-8-10(9)4-2/h4-8,11-12,15H,9-10,13-14H2,1-3H3,(H,22,24);5-8H,3-4H2,1-2H3. The fraction of sp³-hybridized carbons (Fsp3) is 0.387. The summed E-state index contributed by atoms with van der Waals surface area (Å²) >= 11 is 0. The van der Waals surface area contributed by atoms with E-state index in [1.54, 1.807) is 14.2 Å². The van der Waals surface area contributed by atoms with E-state index in [0.29, 0.717) is 13.1 Å². The monoisotopic (exact) mass is 488 g/mol. The second-order valence-corrected chi connectivity index (χ2v) is 9.04. The highest BCUT2D eigenvalue weighted by molar-refractivity contribution is 5.78. The maximum Gasteiger partial charge on any atom is 0.234 e. The molecule has 0 saturated carbocycles. The van der Waals surface area contributed by atoms with Crippen LogP contribution in [0.4, 0.5) is 0 Å². The van der Waals surface area contributed by atoms with Crippen molar-refractivity contribution < 1.29 is 14.3 Å². The number of rotatable bonds is 8. The van der Waals surface area contributed by atoms with Crippen LogP contribution >= 0.6 is 0 Å². The van der Waals surface area contributed by atoms with Gasteiger partial charge in [0.2, 0.25) is 5.91 Å². The molecule has 1 atom stereocenters. The molecule has 0 aromatic heterocycles. The van der Waals surface area contributed by atoms with Gasteiger partial charge in [0.05, 0.1) is 20.8 Å². The molecule has 3 aromatic rings. The van der Waals surface area contributed by atoms with Gasteiger partial charge in [-0.15, -0.1) is 0 Å². The highest BCUT2D eigenvalue weighted by Gasteiger charge is 2.27. The Morgan fingerprint density at radius 3 is 2.08 bits per heavy atom. The molecule has 1 N–H and O–H groups in total. The Hall–Kier alpha value is -3.31. The molecule has 0 fully saturated rings. The normalized spacial score (nSPS) is 14.8. The molecule has 1 heterocycles. The van der Waals surface area contributed by atoms with Crippen molar-refractivity contribution in [1.29, 1.82) is 0 Å². The average molecular weight is 489 g/mol. The maximum absolute atomic E-state index is 12.4. The first kappa shape index (κ1) is 27.3. The Morgan fingerprint density at radius 1 is 0.917 bits per heavy atom. The number of carbonyl (C=O) groups is 1. The van der Waals surface area contributed by atoms with Crippen LogP contribution in [-0.2, 0) is 30.6 Å². The summed E-state index contributed by atoms with van der Waals surface area (Å²) in [5.74, 6) is 1.53. The van der Waals surface area contributed by atoms with E-state index < -0.39 is 0 Å². The molecule has 36 heavy (non-hydrogen) atoms. The fourth-order valence-corrected chi connectivity index (χ4v) is 4.70. The predicted octanol–water partition coefficient (Wildman–Crippen LogP) is 5.75. The summed E-state index contributed by atoms with van der Waals surface area (Å²) in [5.41, 5.74) is 6.55. The largest absolute Gasteiger partial charge is 0.493 e. The number of benzene rings is 3. The SMILES string of the molecule is CCc1ccccc1CC.COc1cc2c(cc1OC)C(C)N(CC(=O)NCc1ccccc1)CC2. The van der Waals surface area contributed by atoms with Crippen molar-refractivity contribution in [3.05, 3.63) is 94.5 Å². The molecule has 1 aliphatic rings. The molecule has 1 aliphatic heterocycles. The molecule has 4 rings (SSSR count). The van der Waals surface area contributed by atoms with Crippen LogP contribution in [0.25, 0.3) is 0 Å². The number of methoxy groups -OCH3 is 2. The van der Waals surface area contributed by atoms with Crippen molar-refractivity contribution in [3.63, 3.8) is 0 Å². The molecule has 0 radical (unpaired) electrons. The number of hydrogen-bond acceptors (Lipinski definition) is 4. The van der Waals surface area contributed by atoms with Crippen LogP contribution in [-0.4, -0.2) is 38.1 Å². The summed E-state index contributed by atoms with van der Waals surface area (Å²) in [6.45, 7) is 8.34. The lowest BCUT2D eigenvalue weighted by atomic mass is 9.93. The predicted molar refractivity (Wildman–Crippen MR) is 147 cm³/mol. The third kappa shape index (κ3) is 7.11. The minimum absolute atomic E-state index is 0.0460. The van der Waals surface area contributed by atoms with Crippen LogP contribution in [0.2, 0.25) is 0 Å². The zero-order valence-electron chi connectivity index (χ0n) is 22.3. The Labute approximate surface area is 216 Å². The van der Waals surface area contributed by atoms with Crippen molar-refractivity contribution in [1.82, 2.24) is 10.2 Å². The third-order valence-corrected chi connectivity index (χ3v) is 6.87. The van der Waals surface area contributed by atoms with Gasteiger partial charge in [0, 0.05) is 19.1 Å². The average Bonchev–Trinajstić information content (AvgIpc) is 2.93. The first-order valence-electron chi connectivity index (χ1n) is 12.9. The highest BCUT2D eigenvalue weighted by atomic mass is 16.5. The molecule has 3 aromatic carbocycles. The van der Waals surface area contributed by atoms with Gasteiger partial charge in [0.1, 0.15) is 0 Å². The van der Waals surface area contributed by atoms with Gasteiger partial charge in [-0.3, -0.25) is 9.69 Å². The van der Waals surface area contributed by atoms with Crippen LogP contribution in [0.15, 0.2) is 66.7 Å². The number of fused-ring (bicyclic) bond motifs is 1. The number of amides is 1. The maximum atomic E-state index is 12.4. The van der Waals surface area contributed by atoms with Gasteiger partial charge in [-0.05, 0) is 66.1 Å². The fourth-order valence-electron chi connectivity index (χ4n) is 4.70. The second kappa shape index (κ2) is 13.7. The molecule has 0 saturated heterocycles. The first-order valence-corrected chi connectivity index (χ1v) is 12.9. The lowest BCUT2D eigenvalue weighted by molar-refractivity contribution is -0.123. The highest BCUT2D eigenvalue weighted by Crippen LogP contribution is 2.37.